The second kappa shape index (κ2) is 10.5. The van der Waals surface area contributed by atoms with Crippen molar-refractivity contribution in [3.05, 3.63) is 66.0 Å². The number of nitrogens with one attached hydrogen (secondary N) is 1. The molecular formula is C28H27F2N5O4. The summed E-state index contributed by atoms with van der Waals surface area (Å²) >= 11 is 0. The van der Waals surface area contributed by atoms with Crippen LogP contribution in [-0.2, 0) is 16.6 Å². The Balaban J connectivity index is 1.27. The smallest absolute Gasteiger partial charge is 0.301 e. The van der Waals surface area contributed by atoms with Gasteiger partial charge in [0.2, 0.25) is 11.8 Å². The number of hydrogen-bond acceptors (Lipinski definition) is 6. The lowest BCUT2D eigenvalue weighted by molar-refractivity contribution is -0.161. The SMILES string of the molecule is Cn1cc([C@H]2C[C@@H]2C(=O)Nc2cccc(-c3ccc(O[C@H]4CCN(C(=O)CO)CC4(F)F)c(C#N)c3)c2)cn1. The molecule has 202 valence electrons. The first kappa shape index (κ1) is 26.3. The van der Waals surface area contributed by atoms with Crippen molar-refractivity contribution in [2.75, 3.05) is 25.0 Å². The van der Waals surface area contributed by atoms with E-state index in [1.165, 1.54) is 6.07 Å². The van der Waals surface area contributed by atoms with E-state index in [0.29, 0.717) is 11.3 Å². The van der Waals surface area contributed by atoms with Crippen LogP contribution in [0.1, 0.15) is 29.9 Å². The van der Waals surface area contributed by atoms with Crippen molar-refractivity contribution in [3.8, 4) is 22.9 Å². The molecule has 2 amide bonds. The molecule has 2 heterocycles. The molecule has 5 rings (SSSR count). The van der Waals surface area contributed by atoms with Crippen molar-refractivity contribution < 1.29 is 28.2 Å². The first-order valence-electron chi connectivity index (χ1n) is 12.6. The van der Waals surface area contributed by atoms with Gasteiger partial charge in [-0.15, -0.1) is 0 Å². The standard InChI is InChI=1S/C28H27F2N5O4/c1-34-14-20(13-32-34)22-11-23(22)27(38)33-21-4-2-3-17(10-21)18-5-6-24(19(9-18)12-31)39-25-7-8-35(26(37)15-36)16-28(25,29)30/h2-6,9-10,13-14,22-23,25,36H,7-8,11,15-16H2,1H3,(H,33,38)/t22-,23+,25+/m1/s1. The lowest BCUT2D eigenvalue weighted by Gasteiger charge is -2.38. The van der Waals surface area contributed by atoms with Crippen LogP contribution >= 0.6 is 0 Å². The Morgan fingerprint density at radius 2 is 2.05 bits per heavy atom. The molecule has 1 aliphatic heterocycles. The third kappa shape index (κ3) is 5.61. The molecule has 2 N–H and O–H groups in total. The summed E-state index contributed by atoms with van der Waals surface area (Å²) in [6.45, 7) is -1.68. The lowest BCUT2D eigenvalue weighted by atomic mass is 10.0. The number of benzene rings is 2. The number of carbonyl (C=O) groups excluding carboxylic acids is 2. The molecule has 1 saturated carbocycles. The Bertz CT molecular complexity index is 1450. The summed E-state index contributed by atoms with van der Waals surface area (Å²) in [5.41, 5.74) is 3.13. The van der Waals surface area contributed by atoms with Gasteiger partial charge in [-0.2, -0.15) is 10.4 Å². The van der Waals surface area contributed by atoms with Crippen molar-refractivity contribution in [1.82, 2.24) is 14.7 Å². The number of amides is 2. The summed E-state index contributed by atoms with van der Waals surface area (Å²) in [5.74, 6) is -4.13. The molecule has 1 saturated heterocycles. The molecule has 0 unspecified atom stereocenters. The Kier molecular flexibility index (Phi) is 7.06. The molecule has 2 fully saturated rings. The topological polar surface area (TPSA) is 120 Å². The molecular weight excluding hydrogens is 508 g/mol. The van der Waals surface area contributed by atoms with Crippen LogP contribution in [0.2, 0.25) is 0 Å². The Labute approximate surface area is 223 Å². The normalized spacial score (nSPS) is 21.6. The maximum absolute atomic E-state index is 14.7. The zero-order valence-electron chi connectivity index (χ0n) is 21.2. The number of carbonyl (C=O) groups is 2. The van der Waals surface area contributed by atoms with Gasteiger partial charge in [-0.3, -0.25) is 14.3 Å². The molecule has 9 nitrogen and oxygen atoms in total. The number of aromatic nitrogens is 2. The number of nitriles is 1. The Morgan fingerprint density at radius 3 is 2.74 bits per heavy atom. The van der Waals surface area contributed by atoms with Crippen LogP contribution in [0.15, 0.2) is 54.9 Å². The molecule has 3 aromatic rings. The van der Waals surface area contributed by atoms with Gasteiger partial charge in [0.05, 0.1) is 18.3 Å². The van der Waals surface area contributed by atoms with E-state index in [9.17, 15) is 23.6 Å². The zero-order chi connectivity index (χ0) is 27.7. The van der Waals surface area contributed by atoms with E-state index in [1.54, 1.807) is 41.2 Å². The number of anilines is 1. The summed E-state index contributed by atoms with van der Waals surface area (Å²) in [7, 11) is 1.84. The third-order valence-electron chi connectivity index (χ3n) is 7.13. The van der Waals surface area contributed by atoms with Crippen molar-refractivity contribution in [2.24, 2.45) is 13.0 Å². The van der Waals surface area contributed by atoms with Crippen LogP contribution < -0.4 is 10.1 Å². The van der Waals surface area contributed by atoms with E-state index in [4.69, 9.17) is 9.84 Å². The minimum Gasteiger partial charge on any atom is -0.483 e. The number of halogens is 2. The summed E-state index contributed by atoms with van der Waals surface area (Å²) in [5, 5.41) is 25.8. The number of piperidine rings is 1. The molecule has 1 aromatic heterocycles. The highest BCUT2D eigenvalue weighted by Crippen LogP contribution is 2.48. The summed E-state index contributed by atoms with van der Waals surface area (Å²) in [6, 6.07) is 13.9. The number of aliphatic hydroxyl groups is 1. The number of nitrogens with zero attached hydrogens (tertiary/aromatic N) is 4. The highest BCUT2D eigenvalue weighted by atomic mass is 19.3. The van der Waals surface area contributed by atoms with Crippen LogP contribution in [0.4, 0.5) is 14.5 Å². The fraction of sp³-hybridized carbons (Fsp3) is 0.357. The quantitative estimate of drug-likeness (QED) is 0.479. The van der Waals surface area contributed by atoms with Crippen LogP contribution in [-0.4, -0.2) is 63.3 Å². The monoisotopic (exact) mass is 535 g/mol. The number of rotatable bonds is 7. The minimum absolute atomic E-state index is 0.0158. The zero-order valence-corrected chi connectivity index (χ0v) is 21.2. The van der Waals surface area contributed by atoms with Crippen molar-refractivity contribution >= 4 is 17.5 Å². The fourth-order valence-corrected chi connectivity index (χ4v) is 4.93. The molecule has 0 radical (unpaired) electrons. The van der Waals surface area contributed by atoms with Gasteiger partial charge in [-0.05, 0) is 53.3 Å². The number of hydrogen-bond donors (Lipinski definition) is 2. The fourth-order valence-electron chi connectivity index (χ4n) is 4.93. The second-order valence-corrected chi connectivity index (χ2v) is 9.92. The summed E-state index contributed by atoms with van der Waals surface area (Å²) in [4.78, 5) is 25.3. The van der Waals surface area contributed by atoms with E-state index in [1.807, 2.05) is 25.4 Å². The van der Waals surface area contributed by atoms with E-state index in [2.05, 4.69) is 10.4 Å². The maximum atomic E-state index is 14.7. The van der Waals surface area contributed by atoms with Gasteiger partial charge in [0, 0.05) is 37.8 Å². The molecule has 2 aliphatic rings. The number of aryl methyl sites for hydroxylation is 1. The van der Waals surface area contributed by atoms with E-state index in [-0.39, 0.29) is 42.0 Å². The van der Waals surface area contributed by atoms with Gasteiger partial charge < -0.3 is 20.1 Å². The average molecular weight is 536 g/mol. The predicted octanol–water partition coefficient (Wildman–Crippen LogP) is 3.31. The average Bonchev–Trinajstić information content (AvgIpc) is 3.62. The highest BCUT2D eigenvalue weighted by molar-refractivity contribution is 5.95. The molecule has 1 aliphatic carbocycles. The number of alkyl halides is 2. The first-order valence-corrected chi connectivity index (χ1v) is 12.6. The van der Waals surface area contributed by atoms with Crippen LogP contribution in [0.25, 0.3) is 11.1 Å². The molecule has 11 heteroatoms. The van der Waals surface area contributed by atoms with Crippen LogP contribution in [0.5, 0.6) is 5.75 Å². The minimum atomic E-state index is -3.35. The van der Waals surface area contributed by atoms with Crippen molar-refractivity contribution in [2.45, 2.75) is 30.8 Å². The molecule has 39 heavy (non-hydrogen) atoms. The van der Waals surface area contributed by atoms with Gasteiger partial charge in [-0.1, -0.05) is 18.2 Å². The molecule has 3 atom stereocenters. The molecule has 2 aromatic carbocycles. The second-order valence-electron chi connectivity index (χ2n) is 9.92. The molecule has 0 bridgehead atoms. The highest BCUT2D eigenvalue weighted by Gasteiger charge is 2.48. The number of ether oxygens (including phenoxy) is 1. The van der Waals surface area contributed by atoms with Gasteiger partial charge in [-0.25, -0.2) is 8.78 Å². The number of likely N-dealkylation sites (tertiary alicyclic amines) is 1. The van der Waals surface area contributed by atoms with E-state index >= 15 is 0 Å². The predicted molar refractivity (Wildman–Crippen MR) is 137 cm³/mol. The first-order chi connectivity index (χ1) is 18.7. The van der Waals surface area contributed by atoms with Crippen LogP contribution in [0, 0.1) is 17.2 Å². The summed E-state index contributed by atoms with van der Waals surface area (Å²) in [6.07, 6.45) is 2.80. The van der Waals surface area contributed by atoms with Gasteiger partial charge in [0.25, 0.3) is 0 Å². The lowest BCUT2D eigenvalue weighted by Crippen LogP contribution is -2.55. The largest absolute Gasteiger partial charge is 0.483 e. The van der Waals surface area contributed by atoms with Crippen molar-refractivity contribution in [3.63, 3.8) is 0 Å². The van der Waals surface area contributed by atoms with Crippen molar-refractivity contribution in [1.29, 1.82) is 5.26 Å². The number of aliphatic hydroxyl groups excluding tert-OH is 1. The maximum Gasteiger partial charge on any atom is 0.301 e. The third-order valence-corrected chi connectivity index (χ3v) is 7.13. The van der Waals surface area contributed by atoms with Gasteiger partial charge in [0.15, 0.2) is 6.10 Å². The van der Waals surface area contributed by atoms with Gasteiger partial charge >= 0.3 is 5.92 Å². The van der Waals surface area contributed by atoms with Gasteiger partial charge in [0.1, 0.15) is 18.4 Å². The summed E-state index contributed by atoms with van der Waals surface area (Å²) < 4.78 is 36.7. The van der Waals surface area contributed by atoms with E-state index < -0.39 is 31.1 Å². The van der Waals surface area contributed by atoms with Crippen LogP contribution in [0.3, 0.4) is 0 Å². The Morgan fingerprint density at radius 1 is 1.26 bits per heavy atom. The Hall–Kier alpha value is -4.30. The molecule has 0 spiro atoms. The van der Waals surface area contributed by atoms with E-state index in [0.717, 1.165) is 22.4 Å².